The number of unbranched alkanes of at least 4 members (excludes halogenated alkanes) is 2. The maximum absolute atomic E-state index is 5.63. The molecule has 1 heterocycles. The van der Waals surface area contributed by atoms with Crippen molar-refractivity contribution in [3.8, 4) is 17.5 Å². The Labute approximate surface area is 119 Å². The Balaban J connectivity index is 2.09. The molecule has 0 atom stereocenters. The van der Waals surface area contributed by atoms with E-state index < -0.39 is 0 Å². The zero-order valence-electron chi connectivity index (χ0n) is 12.0. The maximum atomic E-state index is 5.63. The molecule has 1 aromatic carbocycles. The van der Waals surface area contributed by atoms with Gasteiger partial charge in [0, 0.05) is 12.4 Å². The van der Waals surface area contributed by atoms with E-state index in [0.29, 0.717) is 17.5 Å². The number of methoxy groups -OCH3 is 1. The van der Waals surface area contributed by atoms with Crippen LogP contribution in [0.4, 0.5) is 0 Å². The number of benzene rings is 1. The summed E-state index contributed by atoms with van der Waals surface area (Å²) in [5.74, 6) is 1.35. The number of hydrogen-bond acceptors (Lipinski definition) is 4. The highest BCUT2D eigenvalue weighted by molar-refractivity contribution is 5.44. The fraction of sp³-hybridized carbons (Fsp3) is 0.375. The van der Waals surface area contributed by atoms with Gasteiger partial charge in [0.1, 0.15) is 0 Å². The fourth-order valence-electron chi connectivity index (χ4n) is 1.97. The summed E-state index contributed by atoms with van der Waals surface area (Å²) in [4.78, 5) is 8.09. The molecule has 4 nitrogen and oxygen atoms in total. The summed E-state index contributed by atoms with van der Waals surface area (Å²) in [5.41, 5.74) is 1.26. The molecule has 106 valence electrons. The van der Waals surface area contributed by atoms with Crippen molar-refractivity contribution >= 4 is 0 Å². The van der Waals surface area contributed by atoms with E-state index >= 15 is 0 Å². The highest BCUT2D eigenvalue weighted by atomic mass is 16.5. The minimum absolute atomic E-state index is 0.324. The lowest BCUT2D eigenvalue weighted by molar-refractivity contribution is 0.367. The molecule has 0 aliphatic rings. The van der Waals surface area contributed by atoms with E-state index in [0.717, 1.165) is 6.42 Å². The molecule has 0 radical (unpaired) electrons. The third-order valence-corrected chi connectivity index (χ3v) is 3.04. The molecule has 0 aliphatic heterocycles. The standard InChI is InChI=1S/C16H20N2O2/c1-3-4-5-7-13-8-9-14(15(12-13)19-2)20-16-17-10-6-11-18-16/h6,8-12H,3-5,7H2,1-2H3. The summed E-state index contributed by atoms with van der Waals surface area (Å²) in [7, 11) is 1.64. The van der Waals surface area contributed by atoms with Crippen molar-refractivity contribution in [1.82, 2.24) is 9.97 Å². The van der Waals surface area contributed by atoms with Crippen LogP contribution in [0.25, 0.3) is 0 Å². The third kappa shape index (κ3) is 3.95. The molecule has 1 aromatic heterocycles. The second-order valence-corrected chi connectivity index (χ2v) is 4.58. The first-order valence-corrected chi connectivity index (χ1v) is 6.95. The fourth-order valence-corrected chi connectivity index (χ4v) is 1.97. The molecule has 4 heteroatoms. The van der Waals surface area contributed by atoms with Crippen molar-refractivity contribution in [3.63, 3.8) is 0 Å². The van der Waals surface area contributed by atoms with Crippen molar-refractivity contribution in [2.45, 2.75) is 32.6 Å². The van der Waals surface area contributed by atoms with Crippen molar-refractivity contribution in [3.05, 3.63) is 42.2 Å². The van der Waals surface area contributed by atoms with Gasteiger partial charge in [0.2, 0.25) is 0 Å². The number of rotatable bonds is 7. The number of nitrogens with zero attached hydrogens (tertiary/aromatic N) is 2. The van der Waals surface area contributed by atoms with Gasteiger partial charge in [-0.1, -0.05) is 25.8 Å². The molecule has 20 heavy (non-hydrogen) atoms. The Kier molecular flexibility index (Phi) is 5.35. The normalized spacial score (nSPS) is 10.3. The minimum Gasteiger partial charge on any atom is -0.493 e. The molecule has 0 N–H and O–H groups in total. The van der Waals surface area contributed by atoms with Gasteiger partial charge in [-0.2, -0.15) is 0 Å². The molecular formula is C16H20N2O2. The lowest BCUT2D eigenvalue weighted by Gasteiger charge is -2.10. The van der Waals surface area contributed by atoms with Crippen LogP contribution in [-0.4, -0.2) is 17.1 Å². The summed E-state index contributed by atoms with van der Waals surface area (Å²) in [6.45, 7) is 2.21. The van der Waals surface area contributed by atoms with Crippen LogP contribution in [0.2, 0.25) is 0 Å². The third-order valence-electron chi connectivity index (χ3n) is 3.04. The lowest BCUT2D eigenvalue weighted by atomic mass is 10.1. The van der Waals surface area contributed by atoms with Crippen LogP contribution in [0, 0.1) is 0 Å². The predicted octanol–water partition coefficient (Wildman–Crippen LogP) is 4.01. The Hall–Kier alpha value is -2.10. The highest BCUT2D eigenvalue weighted by Crippen LogP contribution is 2.31. The molecular weight excluding hydrogens is 252 g/mol. The van der Waals surface area contributed by atoms with Crippen LogP contribution in [0.15, 0.2) is 36.7 Å². The summed E-state index contributed by atoms with van der Waals surface area (Å²) in [6.07, 6.45) is 8.03. The van der Waals surface area contributed by atoms with Crippen LogP contribution in [0.3, 0.4) is 0 Å². The van der Waals surface area contributed by atoms with Gasteiger partial charge in [0.15, 0.2) is 11.5 Å². The monoisotopic (exact) mass is 272 g/mol. The van der Waals surface area contributed by atoms with Crippen LogP contribution >= 0.6 is 0 Å². The number of aromatic nitrogens is 2. The zero-order chi connectivity index (χ0) is 14.2. The number of hydrogen-bond donors (Lipinski definition) is 0. The van der Waals surface area contributed by atoms with Gasteiger partial charge in [-0.3, -0.25) is 0 Å². The quantitative estimate of drug-likeness (QED) is 0.714. The van der Waals surface area contributed by atoms with Crippen LogP contribution in [0.1, 0.15) is 31.7 Å². The van der Waals surface area contributed by atoms with E-state index in [1.807, 2.05) is 12.1 Å². The van der Waals surface area contributed by atoms with E-state index in [2.05, 4.69) is 23.0 Å². The number of ether oxygens (including phenoxy) is 2. The van der Waals surface area contributed by atoms with Gasteiger partial charge in [-0.05, 0) is 36.6 Å². The van der Waals surface area contributed by atoms with Crippen molar-refractivity contribution in [1.29, 1.82) is 0 Å². The molecule has 2 rings (SSSR count). The van der Waals surface area contributed by atoms with Gasteiger partial charge >= 0.3 is 6.01 Å². The van der Waals surface area contributed by atoms with E-state index in [9.17, 15) is 0 Å². The molecule has 0 amide bonds. The maximum Gasteiger partial charge on any atom is 0.321 e. The molecule has 0 fully saturated rings. The summed E-state index contributed by atoms with van der Waals surface area (Å²) >= 11 is 0. The van der Waals surface area contributed by atoms with Crippen LogP contribution < -0.4 is 9.47 Å². The predicted molar refractivity (Wildman–Crippen MR) is 78.3 cm³/mol. The van der Waals surface area contributed by atoms with Crippen LogP contribution in [-0.2, 0) is 6.42 Å². The van der Waals surface area contributed by atoms with Crippen molar-refractivity contribution in [2.75, 3.05) is 7.11 Å². The molecule has 0 saturated carbocycles. The van der Waals surface area contributed by atoms with Gasteiger partial charge in [0.05, 0.1) is 7.11 Å². The molecule has 2 aromatic rings. The molecule has 0 saturated heterocycles. The first kappa shape index (κ1) is 14.3. The van der Waals surface area contributed by atoms with Crippen molar-refractivity contribution in [2.24, 2.45) is 0 Å². The first-order valence-electron chi connectivity index (χ1n) is 6.95. The lowest BCUT2D eigenvalue weighted by Crippen LogP contribution is -1.95. The Bertz CT molecular complexity index is 529. The molecule has 0 spiro atoms. The Morgan fingerprint density at radius 2 is 1.85 bits per heavy atom. The second-order valence-electron chi connectivity index (χ2n) is 4.58. The summed E-state index contributed by atoms with van der Waals surface area (Å²) < 4.78 is 11.0. The Morgan fingerprint density at radius 3 is 2.55 bits per heavy atom. The first-order chi connectivity index (χ1) is 9.83. The average Bonchev–Trinajstić information content (AvgIpc) is 2.50. The van der Waals surface area contributed by atoms with Gasteiger partial charge in [0.25, 0.3) is 0 Å². The Morgan fingerprint density at radius 1 is 1.05 bits per heavy atom. The van der Waals surface area contributed by atoms with Gasteiger partial charge in [-0.15, -0.1) is 0 Å². The summed E-state index contributed by atoms with van der Waals surface area (Å²) in [6, 6.07) is 8.08. The van der Waals surface area contributed by atoms with E-state index in [4.69, 9.17) is 9.47 Å². The van der Waals surface area contributed by atoms with Crippen LogP contribution in [0.5, 0.6) is 17.5 Å². The summed E-state index contributed by atoms with van der Waals surface area (Å²) in [5, 5.41) is 0. The van der Waals surface area contributed by atoms with E-state index in [1.54, 1.807) is 25.6 Å². The minimum atomic E-state index is 0.324. The molecule has 0 bridgehead atoms. The zero-order valence-corrected chi connectivity index (χ0v) is 12.0. The number of aryl methyl sites for hydroxylation is 1. The highest BCUT2D eigenvalue weighted by Gasteiger charge is 2.08. The van der Waals surface area contributed by atoms with E-state index in [1.165, 1.54) is 24.8 Å². The topological polar surface area (TPSA) is 44.2 Å². The smallest absolute Gasteiger partial charge is 0.321 e. The van der Waals surface area contributed by atoms with Crippen molar-refractivity contribution < 1.29 is 9.47 Å². The van der Waals surface area contributed by atoms with Gasteiger partial charge < -0.3 is 9.47 Å². The molecule has 0 aliphatic carbocycles. The average molecular weight is 272 g/mol. The second kappa shape index (κ2) is 7.48. The largest absolute Gasteiger partial charge is 0.493 e. The van der Waals surface area contributed by atoms with E-state index in [-0.39, 0.29) is 0 Å². The van der Waals surface area contributed by atoms with Gasteiger partial charge in [-0.25, -0.2) is 9.97 Å². The SMILES string of the molecule is CCCCCc1ccc(Oc2ncccn2)c(OC)c1. The molecule has 0 unspecified atom stereocenters.